The second-order valence-electron chi connectivity index (χ2n) is 5.93. The summed E-state index contributed by atoms with van der Waals surface area (Å²) >= 11 is 0. The quantitative estimate of drug-likeness (QED) is 0.866. The number of hydrogen-bond acceptors (Lipinski definition) is 4. The van der Waals surface area contributed by atoms with Crippen molar-refractivity contribution < 1.29 is 9.53 Å². The van der Waals surface area contributed by atoms with E-state index in [0.29, 0.717) is 17.9 Å². The van der Waals surface area contributed by atoms with Crippen molar-refractivity contribution >= 4 is 5.91 Å². The Kier molecular flexibility index (Phi) is 4.80. The van der Waals surface area contributed by atoms with Crippen LogP contribution >= 0.6 is 0 Å². The molecule has 0 bridgehead atoms. The van der Waals surface area contributed by atoms with Crippen LogP contribution in [0.4, 0.5) is 0 Å². The van der Waals surface area contributed by atoms with Crippen LogP contribution in [0.3, 0.4) is 0 Å². The Morgan fingerprint density at radius 1 is 1.42 bits per heavy atom. The first-order chi connectivity index (χ1) is 11.7. The molecule has 1 aromatic heterocycles. The van der Waals surface area contributed by atoms with E-state index in [0.717, 1.165) is 19.4 Å². The summed E-state index contributed by atoms with van der Waals surface area (Å²) in [7, 11) is 0. The summed E-state index contributed by atoms with van der Waals surface area (Å²) in [6, 6.07) is 11.1. The van der Waals surface area contributed by atoms with Gasteiger partial charge in [0.05, 0.1) is 11.6 Å². The third-order valence-corrected chi connectivity index (χ3v) is 4.27. The van der Waals surface area contributed by atoms with Crippen LogP contribution in [-0.2, 0) is 4.79 Å². The molecule has 2 atom stereocenters. The Bertz CT molecular complexity index is 736. The first kappa shape index (κ1) is 16.1. The Morgan fingerprint density at radius 2 is 2.25 bits per heavy atom. The predicted octanol–water partition coefficient (Wildman–Crippen LogP) is 2.39. The fourth-order valence-electron chi connectivity index (χ4n) is 3.03. The molecule has 6 heteroatoms. The van der Waals surface area contributed by atoms with Crippen LogP contribution in [0, 0.1) is 11.3 Å². The summed E-state index contributed by atoms with van der Waals surface area (Å²) in [5.41, 5.74) is 0.435. The number of ether oxygens (including phenoxy) is 1. The minimum atomic E-state index is -0.629. The van der Waals surface area contributed by atoms with Gasteiger partial charge in [0, 0.05) is 25.5 Å². The van der Waals surface area contributed by atoms with E-state index in [9.17, 15) is 4.79 Å². The van der Waals surface area contributed by atoms with Gasteiger partial charge < -0.3 is 9.64 Å². The summed E-state index contributed by atoms with van der Waals surface area (Å²) in [5, 5.41) is 13.4. The highest BCUT2D eigenvalue weighted by Crippen LogP contribution is 2.23. The molecule has 1 aliphatic rings. The molecule has 1 aliphatic heterocycles. The predicted molar refractivity (Wildman–Crippen MR) is 88.3 cm³/mol. The molecule has 0 radical (unpaired) electrons. The monoisotopic (exact) mass is 324 g/mol. The normalized spacial score (nSPS) is 18.7. The number of likely N-dealkylation sites (tertiary alicyclic amines) is 1. The Morgan fingerprint density at radius 3 is 3.00 bits per heavy atom. The van der Waals surface area contributed by atoms with E-state index < -0.39 is 6.10 Å². The van der Waals surface area contributed by atoms with Gasteiger partial charge in [-0.1, -0.05) is 12.1 Å². The number of nitriles is 1. The van der Waals surface area contributed by atoms with E-state index in [-0.39, 0.29) is 11.9 Å². The van der Waals surface area contributed by atoms with Crippen LogP contribution in [-0.4, -0.2) is 39.8 Å². The Hall–Kier alpha value is -2.81. The number of carbonyl (C=O) groups is 1. The van der Waals surface area contributed by atoms with Gasteiger partial charge in [0.25, 0.3) is 5.91 Å². The van der Waals surface area contributed by atoms with Crippen molar-refractivity contribution in [2.24, 2.45) is 0 Å². The summed E-state index contributed by atoms with van der Waals surface area (Å²) in [4.78, 5) is 14.5. The molecule has 2 heterocycles. The third-order valence-electron chi connectivity index (χ3n) is 4.27. The summed E-state index contributed by atoms with van der Waals surface area (Å²) < 4.78 is 7.65. The second-order valence-corrected chi connectivity index (χ2v) is 5.93. The van der Waals surface area contributed by atoms with Crippen LogP contribution in [0.25, 0.3) is 0 Å². The smallest absolute Gasteiger partial charge is 0.263 e. The molecule has 1 amide bonds. The maximum absolute atomic E-state index is 12.7. The summed E-state index contributed by atoms with van der Waals surface area (Å²) in [6.07, 6.45) is 5.01. The average Bonchev–Trinajstić information content (AvgIpc) is 3.16. The van der Waals surface area contributed by atoms with Crippen molar-refractivity contribution in [1.82, 2.24) is 14.7 Å². The molecule has 6 nitrogen and oxygen atoms in total. The Balaban J connectivity index is 1.66. The lowest BCUT2D eigenvalue weighted by Crippen LogP contribution is -2.46. The standard InChI is InChI=1S/C18H20N4O2/c1-14(24-17-8-3-2-6-15(17)12-19)18(23)21-10-4-7-16(13-21)22-11-5-9-20-22/h2-3,5-6,8-9,11,14,16H,4,7,10,13H2,1H3. The molecule has 2 aromatic rings. The number of rotatable bonds is 4. The van der Waals surface area contributed by atoms with Gasteiger partial charge in [0.1, 0.15) is 11.8 Å². The van der Waals surface area contributed by atoms with Gasteiger partial charge in [0.2, 0.25) is 0 Å². The number of nitrogens with zero attached hydrogens (tertiary/aromatic N) is 4. The second kappa shape index (κ2) is 7.18. The molecule has 1 saturated heterocycles. The van der Waals surface area contributed by atoms with Crippen LogP contribution in [0.15, 0.2) is 42.7 Å². The van der Waals surface area contributed by atoms with Crippen LogP contribution in [0.5, 0.6) is 5.75 Å². The first-order valence-corrected chi connectivity index (χ1v) is 8.12. The van der Waals surface area contributed by atoms with Gasteiger partial charge in [-0.05, 0) is 38.0 Å². The van der Waals surface area contributed by atoms with Crippen LogP contribution < -0.4 is 4.74 Å². The Labute approximate surface area is 141 Å². The number of piperidine rings is 1. The number of para-hydroxylation sites is 1. The zero-order valence-corrected chi connectivity index (χ0v) is 13.6. The maximum atomic E-state index is 12.7. The highest BCUT2D eigenvalue weighted by molar-refractivity contribution is 5.81. The molecular formula is C18H20N4O2. The molecule has 0 N–H and O–H groups in total. The minimum Gasteiger partial charge on any atom is -0.480 e. The fourth-order valence-corrected chi connectivity index (χ4v) is 3.03. The van der Waals surface area contributed by atoms with Gasteiger partial charge in [-0.15, -0.1) is 0 Å². The number of hydrogen-bond donors (Lipinski definition) is 0. The third kappa shape index (κ3) is 3.40. The van der Waals surface area contributed by atoms with E-state index in [2.05, 4.69) is 11.2 Å². The lowest BCUT2D eigenvalue weighted by Gasteiger charge is -2.34. The van der Waals surface area contributed by atoms with E-state index in [1.807, 2.05) is 21.8 Å². The number of benzene rings is 1. The van der Waals surface area contributed by atoms with Crippen molar-refractivity contribution in [3.8, 4) is 11.8 Å². The zero-order valence-electron chi connectivity index (χ0n) is 13.6. The zero-order chi connectivity index (χ0) is 16.9. The van der Waals surface area contributed by atoms with Gasteiger partial charge in [0.15, 0.2) is 6.10 Å². The number of aromatic nitrogens is 2. The van der Waals surface area contributed by atoms with Gasteiger partial charge in [-0.3, -0.25) is 9.48 Å². The molecule has 124 valence electrons. The van der Waals surface area contributed by atoms with Gasteiger partial charge in [-0.2, -0.15) is 10.4 Å². The molecule has 0 spiro atoms. The molecule has 2 unspecified atom stereocenters. The van der Waals surface area contributed by atoms with Crippen LogP contribution in [0.2, 0.25) is 0 Å². The van der Waals surface area contributed by atoms with Gasteiger partial charge in [-0.25, -0.2) is 0 Å². The summed E-state index contributed by atoms with van der Waals surface area (Å²) in [5.74, 6) is 0.390. The fraction of sp³-hybridized carbons (Fsp3) is 0.389. The molecule has 3 rings (SSSR count). The van der Waals surface area contributed by atoms with Crippen molar-refractivity contribution in [3.63, 3.8) is 0 Å². The highest BCUT2D eigenvalue weighted by atomic mass is 16.5. The molecule has 24 heavy (non-hydrogen) atoms. The first-order valence-electron chi connectivity index (χ1n) is 8.12. The van der Waals surface area contributed by atoms with Crippen molar-refractivity contribution in [1.29, 1.82) is 5.26 Å². The molecule has 1 fully saturated rings. The van der Waals surface area contributed by atoms with Crippen molar-refractivity contribution in [2.45, 2.75) is 31.9 Å². The number of amides is 1. The molecule has 0 aliphatic carbocycles. The summed E-state index contributed by atoms with van der Waals surface area (Å²) in [6.45, 7) is 3.09. The largest absolute Gasteiger partial charge is 0.480 e. The highest BCUT2D eigenvalue weighted by Gasteiger charge is 2.29. The van der Waals surface area contributed by atoms with E-state index >= 15 is 0 Å². The van der Waals surface area contributed by atoms with Crippen molar-refractivity contribution in [3.05, 3.63) is 48.3 Å². The van der Waals surface area contributed by atoms with E-state index in [4.69, 9.17) is 10.00 Å². The molecular weight excluding hydrogens is 304 g/mol. The minimum absolute atomic E-state index is 0.0559. The van der Waals surface area contributed by atoms with E-state index in [1.165, 1.54) is 0 Å². The molecule has 0 saturated carbocycles. The van der Waals surface area contributed by atoms with Crippen molar-refractivity contribution in [2.75, 3.05) is 13.1 Å². The lowest BCUT2D eigenvalue weighted by atomic mass is 10.1. The topological polar surface area (TPSA) is 71.2 Å². The maximum Gasteiger partial charge on any atom is 0.263 e. The lowest BCUT2D eigenvalue weighted by molar-refractivity contribution is -0.139. The molecule has 1 aromatic carbocycles. The van der Waals surface area contributed by atoms with Gasteiger partial charge >= 0.3 is 0 Å². The number of carbonyl (C=O) groups excluding carboxylic acids is 1. The van der Waals surface area contributed by atoms with Crippen LogP contribution in [0.1, 0.15) is 31.4 Å². The van der Waals surface area contributed by atoms with E-state index in [1.54, 1.807) is 37.4 Å². The SMILES string of the molecule is CC(Oc1ccccc1C#N)C(=O)N1CCCC(n2cccn2)C1. The average molecular weight is 324 g/mol.